The highest BCUT2D eigenvalue weighted by molar-refractivity contribution is 5.96. The Morgan fingerprint density at radius 2 is 1.96 bits per heavy atom. The summed E-state index contributed by atoms with van der Waals surface area (Å²) < 4.78 is 13.4. The Kier molecular flexibility index (Phi) is 4.44. The van der Waals surface area contributed by atoms with Gasteiger partial charge >= 0.3 is 0 Å². The van der Waals surface area contributed by atoms with E-state index in [4.69, 9.17) is 5.73 Å². The van der Waals surface area contributed by atoms with Crippen LogP contribution in [0.2, 0.25) is 0 Å². The summed E-state index contributed by atoms with van der Waals surface area (Å²) in [6, 6.07) is 13.9. The molecule has 2 atom stereocenters. The topological polar surface area (TPSA) is 46.3 Å². The van der Waals surface area contributed by atoms with E-state index in [1.54, 1.807) is 11.0 Å². The van der Waals surface area contributed by atoms with Crippen LogP contribution in [0.25, 0.3) is 0 Å². The van der Waals surface area contributed by atoms with Crippen LogP contribution in [0.1, 0.15) is 30.5 Å². The molecule has 0 radical (unpaired) electrons. The number of benzene rings is 2. The molecule has 2 aromatic carbocycles. The van der Waals surface area contributed by atoms with Gasteiger partial charge in [0.2, 0.25) is 5.91 Å². The van der Waals surface area contributed by atoms with Gasteiger partial charge in [0.1, 0.15) is 5.82 Å². The smallest absolute Gasteiger partial charge is 0.231 e. The number of anilines is 1. The minimum Gasteiger partial charge on any atom is -0.323 e. The monoisotopic (exact) mass is 312 g/mol. The first-order chi connectivity index (χ1) is 11.1. The minimum absolute atomic E-state index is 0.00564. The normalized spacial score (nSPS) is 16.6. The standard InChI is InChI=1S/C19H21FN2O/c1-13(18(21)14-6-3-2-4-7-14)19(23)22-11-5-8-15-12-16(20)9-10-17(15)22/h2-4,6-7,9-10,12-13,18H,5,8,11,21H2,1H3. The van der Waals surface area contributed by atoms with Crippen molar-refractivity contribution in [3.05, 3.63) is 65.5 Å². The fourth-order valence-electron chi connectivity index (χ4n) is 3.16. The summed E-state index contributed by atoms with van der Waals surface area (Å²) in [6.45, 7) is 2.51. The lowest BCUT2D eigenvalue weighted by Crippen LogP contribution is -2.42. The minimum atomic E-state index is -0.352. The molecule has 0 aromatic heterocycles. The summed E-state index contributed by atoms with van der Waals surface area (Å²) in [5.74, 6) is -0.602. The average molecular weight is 312 g/mol. The van der Waals surface area contributed by atoms with E-state index in [2.05, 4.69) is 0 Å². The van der Waals surface area contributed by atoms with Gasteiger partial charge in [-0.2, -0.15) is 0 Å². The van der Waals surface area contributed by atoms with Gasteiger partial charge in [0.15, 0.2) is 0 Å². The molecule has 0 fully saturated rings. The van der Waals surface area contributed by atoms with E-state index in [9.17, 15) is 9.18 Å². The zero-order valence-electron chi connectivity index (χ0n) is 13.2. The molecule has 0 saturated carbocycles. The van der Waals surface area contributed by atoms with Gasteiger partial charge in [0.25, 0.3) is 0 Å². The Morgan fingerprint density at radius 3 is 2.70 bits per heavy atom. The number of halogens is 1. The van der Waals surface area contributed by atoms with Crippen molar-refractivity contribution in [2.24, 2.45) is 11.7 Å². The van der Waals surface area contributed by atoms with E-state index in [1.165, 1.54) is 12.1 Å². The van der Waals surface area contributed by atoms with Gasteiger partial charge < -0.3 is 10.6 Å². The molecular formula is C19H21FN2O. The number of rotatable bonds is 3. The van der Waals surface area contributed by atoms with Crippen molar-refractivity contribution in [2.75, 3.05) is 11.4 Å². The first-order valence-electron chi connectivity index (χ1n) is 7.98. The lowest BCUT2D eigenvalue weighted by Gasteiger charge is -2.33. The zero-order valence-corrected chi connectivity index (χ0v) is 13.2. The summed E-state index contributed by atoms with van der Waals surface area (Å²) in [4.78, 5) is 14.7. The van der Waals surface area contributed by atoms with Crippen LogP contribution in [-0.2, 0) is 11.2 Å². The van der Waals surface area contributed by atoms with Crippen LogP contribution in [0.15, 0.2) is 48.5 Å². The molecule has 2 unspecified atom stereocenters. The Balaban J connectivity index is 1.84. The predicted molar refractivity (Wildman–Crippen MR) is 89.6 cm³/mol. The highest BCUT2D eigenvalue weighted by atomic mass is 19.1. The Hall–Kier alpha value is -2.20. The first kappa shape index (κ1) is 15.7. The van der Waals surface area contributed by atoms with Crippen molar-refractivity contribution in [1.82, 2.24) is 0 Å². The van der Waals surface area contributed by atoms with Crippen molar-refractivity contribution in [3.8, 4) is 0 Å². The molecule has 23 heavy (non-hydrogen) atoms. The van der Waals surface area contributed by atoms with Gasteiger partial charge in [-0.15, -0.1) is 0 Å². The molecule has 0 saturated heterocycles. The summed E-state index contributed by atoms with van der Waals surface area (Å²) in [5, 5.41) is 0. The highest BCUT2D eigenvalue weighted by Crippen LogP contribution is 2.31. The van der Waals surface area contributed by atoms with Gasteiger partial charge in [0, 0.05) is 18.3 Å². The Morgan fingerprint density at radius 1 is 1.22 bits per heavy atom. The van der Waals surface area contributed by atoms with E-state index in [0.717, 1.165) is 29.7 Å². The molecule has 0 bridgehead atoms. The zero-order chi connectivity index (χ0) is 16.4. The van der Waals surface area contributed by atoms with Crippen LogP contribution >= 0.6 is 0 Å². The van der Waals surface area contributed by atoms with Gasteiger partial charge in [0.05, 0.1) is 5.92 Å². The van der Waals surface area contributed by atoms with Crippen LogP contribution in [-0.4, -0.2) is 12.5 Å². The van der Waals surface area contributed by atoms with Crippen LogP contribution in [0.5, 0.6) is 0 Å². The third-order valence-corrected chi connectivity index (χ3v) is 4.54. The van der Waals surface area contributed by atoms with Crippen LogP contribution in [0.3, 0.4) is 0 Å². The summed E-state index contributed by atoms with van der Waals surface area (Å²) in [5.41, 5.74) is 8.94. The summed E-state index contributed by atoms with van der Waals surface area (Å²) >= 11 is 0. The van der Waals surface area contributed by atoms with E-state index in [0.29, 0.717) is 6.54 Å². The Bertz CT molecular complexity index is 702. The van der Waals surface area contributed by atoms with Crippen LogP contribution < -0.4 is 10.6 Å². The molecule has 0 aliphatic carbocycles. The number of hydrogen-bond acceptors (Lipinski definition) is 2. The van der Waals surface area contributed by atoms with Crippen molar-refractivity contribution in [1.29, 1.82) is 0 Å². The molecule has 0 spiro atoms. The molecule has 2 N–H and O–H groups in total. The number of nitrogens with zero attached hydrogens (tertiary/aromatic N) is 1. The van der Waals surface area contributed by atoms with Crippen molar-refractivity contribution in [3.63, 3.8) is 0 Å². The lowest BCUT2D eigenvalue weighted by molar-refractivity contribution is -0.122. The molecule has 3 nitrogen and oxygen atoms in total. The average Bonchev–Trinajstić information content (AvgIpc) is 2.59. The molecular weight excluding hydrogens is 291 g/mol. The second kappa shape index (κ2) is 6.50. The summed E-state index contributed by atoms with van der Waals surface area (Å²) in [7, 11) is 0. The van der Waals surface area contributed by atoms with Gasteiger partial charge in [-0.05, 0) is 42.2 Å². The third kappa shape index (κ3) is 3.13. The fraction of sp³-hybridized carbons (Fsp3) is 0.316. The van der Waals surface area contributed by atoms with Crippen molar-refractivity contribution in [2.45, 2.75) is 25.8 Å². The van der Waals surface area contributed by atoms with Crippen LogP contribution in [0, 0.1) is 11.7 Å². The van der Waals surface area contributed by atoms with Gasteiger partial charge in [-0.3, -0.25) is 4.79 Å². The SMILES string of the molecule is CC(C(=O)N1CCCc2cc(F)ccc21)C(N)c1ccccc1. The second-order valence-electron chi connectivity index (χ2n) is 6.09. The molecule has 1 heterocycles. The van der Waals surface area contributed by atoms with Gasteiger partial charge in [-0.1, -0.05) is 37.3 Å². The largest absolute Gasteiger partial charge is 0.323 e. The van der Waals surface area contributed by atoms with Gasteiger partial charge in [-0.25, -0.2) is 4.39 Å². The second-order valence-corrected chi connectivity index (χ2v) is 6.09. The Labute approximate surface area is 135 Å². The maximum absolute atomic E-state index is 13.4. The lowest BCUT2D eigenvalue weighted by atomic mass is 9.92. The van der Waals surface area contributed by atoms with Crippen molar-refractivity contribution < 1.29 is 9.18 Å². The molecule has 3 rings (SSSR count). The van der Waals surface area contributed by atoms with E-state index in [-0.39, 0.29) is 23.7 Å². The predicted octanol–water partition coefficient (Wildman–Crippen LogP) is 3.44. The summed E-state index contributed by atoms with van der Waals surface area (Å²) in [6.07, 6.45) is 1.64. The highest BCUT2D eigenvalue weighted by Gasteiger charge is 2.30. The van der Waals surface area contributed by atoms with E-state index >= 15 is 0 Å². The van der Waals surface area contributed by atoms with Crippen LogP contribution in [0.4, 0.5) is 10.1 Å². The maximum Gasteiger partial charge on any atom is 0.231 e. The molecule has 120 valence electrons. The number of amides is 1. The molecule has 2 aromatic rings. The molecule has 1 aliphatic rings. The van der Waals surface area contributed by atoms with E-state index in [1.807, 2.05) is 37.3 Å². The number of carbonyl (C=O) groups is 1. The van der Waals surface area contributed by atoms with Crippen molar-refractivity contribution >= 4 is 11.6 Å². The number of aryl methyl sites for hydroxylation is 1. The third-order valence-electron chi connectivity index (χ3n) is 4.54. The molecule has 1 aliphatic heterocycles. The maximum atomic E-state index is 13.4. The quantitative estimate of drug-likeness (QED) is 0.943. The fourth-order valence-corrected chi connectivity index (χ4v) is 3.16. The number of hydrogen-bond donors (Lipinski definition) is 1. The number of nitrogens with two attached hydrogens (primary N) is 1. The number of carbonyl (C=O) groups excluding carboxylic acids is 1. The van der Waals surface area contributed by atoms with E-state index < -0.39 is 0 Å². The first-order valence-corrected chi connectivity index (χ1v) is 7.98. The number of fused-ring (bicyclic) bond motifs is 1. The molecule has 1 amide bonds. The molecule has 4 heteroatoms.